The van der Waals surface area contributed by atoms with E-state index in [0.717, 1.165) is 24.2 Å². The molecule has 0 aliphatic carbocycles. The van der Waals surface area contributed by atoms with E-state index in [-0.39, 0.29) is 5.97 Å². The summed E-state index contributed by atoms with van der Waals surface area (Å²) in [6.45, 7) is 4.34. The number of carbonyl (C=O) groups is 1. The second-order valence-electron chi connectivity index (χ2n) is 5.60. The van der Waals surface area contributed by atoms with Crippen molar-refractivity contribution >= 4 is 11.7 Å². The molecular formula is C16H24N2O2. The van der Waals surface area contributed by atoms with Gasteiger partial charge in [-0.25, -0.2) is 4.79 Å². The topological polar surface area (TPSA) is 41.6 Å². The summed E-state index contributed by atoms with van der Waals surface area (Å²) in [6, 6.07) is 6.21. The Bertz CT molecular complexity index is 474. The molecule has 2 rings (SSSR count). The SMILES string of the molecule is COC(=O)c1ccc(NC2CCCN(C)CC2)c(C)c1. The van der Waals surface area contributed by atoms with Crippen molar-refractivity contribution in [1.82, 2.24) is 4.90 Å². The molecule has 0 spiro atoms. The number of hydrogen-bond acceptors (Lipinski definition) is 4. The lowest BCUT2D eigenvalue weighted by Crippen LogP contribution is -2.23. The quantitative estimate of drug-likeness (QED) is 0.862. The number of ether oxygens (including phenoxy) is 1. The van der Waals surface area contributed by atoms with Crippen LogP contribution in [0.25, 0.3) is 0 Å². The molecule has 0 saturated carbocycles. The molecule has 4 nitrogen and oxygen atoms in total. The van der Waals surface area contributed by atoms with E-state index in [0.29, 0.717) is 11.6 Å². The molecular weight excluding hydrogens is 252 g/mol. The van der Waals surface area contributed by atoms with E-state index in [2.05, 4.69) is 17.3 Å². The van der Waals surface area contributed by atoms with Gasteiger partial charge in [-0.05, 0) is 70.1 Å². The monoisotopic (exact) mass is 276 g/mol. The Morgan fingerprint density at radius 3 is 2.85 bits per heavy atom. The number of methoxy groups -OCH3 is 1. The van der Waals surface area contributed by atoms with Gasteiger partial charge in [-0.1, -0.05) is 0 Å². The minimum Gasteiger partial charge on any atom is -0.465 e. The van der Waals surface area contributed by atoms with Crippen LogP contribution in [0.3, 0.4) is 0 Å². The second kappa shape index (κ2) is 6.75. The molecule has 20 heavy (non-hydrogen) atoms. The molecule has 1 saturated heterocycles. The molecule has 0 amide bonds. The minimum absolute atomic E-state index is 0.282. The van der Waals surface area contributed by atoms with Gasteiger partial charge >= 0.3 is 5.97 Å². The van der Waals surface area contributed by atoms with Gasteiger partial charge in [0.2, 0.25) is 0 Å². The van der Waals surface area contributed by atoms with Crippen LogP contribution in [-0.2, 0) is 4.74 Å². The Kier molecular flexibility index (Phi) is 5.01. The fourth-order valence-corrected chi connectivity index (χ4v) is 2.67. The van der Waals surface area contributed by atoms with Crippen molar-refractivity contribution in [3.05, 3.63) is 29.3 Å². The molecule has 1 N–H and O–H groups in total. The number of nitrogens with zero attached hydrogens (tertiary/aromatic N) is 1. The lowest BCUT2D eigenvalue weighted by atomic mass is 10.1. The number of esters is 1. The summed E-state index contributed by atoms with van der Waals surface area (Å²) in [5, 5.41) is 3.62. The summed E-state index contributed by atoms with van der Waals surface area (Å²) in [6.07, 6.45) is 3.59. The van der Waals surface area contributed by atoms with E-state index in [1.807, 2.05) is 25.1 Å². The average Bonchev–Trinajstić information content (AvgIpc) is 2.65. The van der Waals surface area contributed by atoms with E-state index in [9.17, 15) is 4.79 Å². The maximum absolute atomic E-state index is 11.5. The van der Waals surface area contributed by atoms with Crippen LogP contribution in [0.4, 0.5) is 5.69 Å². The Morgan fingerprint density at radius 1 is 1.35 bits per heavy atom. The van der Waals surface area contributed by atoms with E-state index in [4.69, 9.17) is 4.74 Å². The number of anilines is 1. The molecule has 0 bridgehead atoms. The highest BCUT2D eigenvalue weighted by Gasteiger charge is 2.15. The fraction of sp³-hybridized carbons (Fsp3) is 0.562. The number of carbonyl (C=O) groups excluding carboxylic acids is 1. The van der Waals surface area contributed by atoms with Crippen molar-refractivity contribution in [3.8, 4) is 0 Å². The summed E-state index contributed by atoms with van der Waals surface area (Å²) in [5.41, 5.74) is 2.81. The van der Waals surface area contributed by atoms with Crippen LogP contribution < -0.4 is 5.32 Å². The third kappa shape index (κ3) is 3.73. The Morgan fingerprint density at radius 2 is 2.15 bits per heavy atom. The Hall–Kier alpha value is -1.55. The van der Waals surface area contributed by atoms with Gasteiger partial charge in [-0.15, -0.1) is 0 Å². The van der Waals surface area contributed by atoms with Crippen LogP contribution >= 0.6 is 0 Å². The van der Waals surface area contributed by atoms with Crippen LogP contribution in [0.5, 0.6) is 0 Å². The first-order valence-corrected chi connectivity index (χ1v) is 7.24. The van der Waals surface area contributed by atoms with Crippen LogP contribution in [0.15, 0.2) is 18.2 Å². The number of aryl methyl sites for hydroxylation is 1. The van der Waals surface area contributed by atoms with Crippen LogP contribution in [-0.4, -0.2) is 44.2 Å². The summed E-state index contributed by atoms with van der Waals surface area (Å²) in [7, 11) is 3.59. The molecule has 0 aromatic heterocycles. The van der Waals surface area contributed by atoms with Crippen molar-refractivity contribution in [2.75, 3.05) is 32.6 Å². The van der Waals surface area contributed by atoms with Crippen molar-refractivity contribution in [3.63, 3.8) is 0 Å². The van der Waals surface area contributed by atoms with Crippen molar-refractivity contribution in [1.29, 1.82) is 0 Å². The fourth-order valence-electron chi connectivity index (χ4n) is 2.67. The minimum atomic E-state index is -0.282. The zero-order valence-electron chi connectivity index (χ0n) is 12.6. The summed E-state index contributed by atoms with van der Waals surface area (Å²) < 4.78 is 4.74. The highest BCUT2D eigenvalue weighted by molar-refractivity contribution is 5.90. The third-order valence-electron chi connectivity index (χ3n) is 3.96. The second-order valence-corrected chi connectivity index (χ2v) is 5.60. The molecule has 4 heteroatoms. The summed E-state index contributed by atoms with van der Waals surface area (Å²) in [4.78, 5) is 13.9. The van der Waals surface area contributed by atoms with Gasteiger partial charge in [0.15, 0.2) is 0 Å². The zero-order chi connectivity index (χ0) is 14.5. The van der Waals surface area contributed by atoms with E-state index in [1.54, 1.807) is 0 Å². The molecule has 1 aromatic rings. The number of hydrogen-bond donors (Lipinski definition) is 1. The van der Waals surface area contributed by atoms with Crippen LogP contribution in [0, 0.1) is 6.92 Å². The lowest BCUT2D eigenvalue weighted by molar-refractivity contribution is 0.0600. The van der Waals surface area contributed by atoms with Crippen molar-refractivity contribution in [2.45, 2.75) is 32.2 Å². The molecule has 1 heterocycles. The van der Waals surface area contributed by atoms with Gasteiger partial charge in [0, 0.05) is 11.7 Å². The number of rotatable bonds is 3. The number of likely N-dealkylation sites (tertiary alicyclic amines) is 1. The van der Waals surface area contributed by atoms with Crippen LogP contribution in [0.1, 0.15) is 35.2 Å². The zero-order valence-corrected chi connectivity index (χ0v) is 12.6. The molecule has 1 fully saturated rings. The molecule has 1 aliphatic heterocycles. The summed E-state index contributed by atoms with van der Waals surface area (Å²) in [5.74, 6) is -0.282. The van der Waals surface area contributed by atoms with E-state index >= 15 is 0 Å². The molecule has 1 unspecified atom stereocenters. The largest absolute Gasteiger partial charge is 0.465 e. The molecule has 1 aromatic carbocycles. The van der Waals surface area contributed by atoms with Gasteiger partial charge in [-0.2, -0.15) is 0 Å². The van der Waals surface area contributed by atoms with E-state index in [1.165, 1.54) is 26.5 Å². The van der Waals surface area contributed by atoms with E-state index < -0.39 is 0 Å². The van der Waals surface area contributed by atoms with Crippen LogP contribution in [0.2, 0.25) is 0 Å². The lowest BCUT2D eigenvalue weighted by Gasteiger charge is -2.20. The van der Waals surface area contributed by atoms with Gasteiger partial charge in [0.25, 0.3) is 0 Å². The maximum atomic E-state index is 11.5. The highest BCUT2D eigenvalue weighted by atomic mass is 16.5. The Balaban J connectivity index is 2.04. The molecule has 110 valence electrons. The van der Waals surface area contributed by atoms with Gasteiger partial charge in [-0.3, -0.25) is 0 Å². The normalized spacial score (nSPS) is 20.2. The van der Waals surface area contributed by atoms with Gasteiger partial charge in [0.05, 0.1) is 12.7 Å². The molecule has 1 atom stereocenters. The first kappa shape index (κ1) is 14.9. The standard InChI is InChI=1S/C16H24N2O2/c1-12-11-13(16(19)20-3)6-7-15(12)17-14-5-4-9-18(2)10-8-14/h6-7,11,14,17H,4-5,8-10H2,1-3H3. The first-order chi connectivity index (χ1) is 9.60. The van der Waals surface area contributed by atoms with Gasteiger partial charge < -0.3 is 15.0 Å². The van der Waals surface area contributed by atoms with Gasteiger partial charge in [0.1, 0.15) is 0 Å². The number of benzene rings is 1. The maximum Gasteiger partial charge on any atom is 0.337 e. The predicted octanol–water partition coefficient (Wildman–Crippen LogP) is 2.68. The third-order valence-corrected chi connectivity index (χ3v) is 3.96. The molecule has 0 radical (unpaired) electrons. The first-order valence-electron chi connectivity index (χ1n) is 7.24. The predicted molar refractivity (Wildman–Crippen MR) is 81.3 cm³/mol. The highest BCUT2D eigenvalue weighted by Crippen LogP contribution is 2.21. The van der Waals surface area contributed by atoms with Crippen molar-refractivity contribution in [2.24, 2.45) is 0 Å². The summed E-state index contributed by atoms with van der Waals surface area (Å²) >= 11 is 0. The smallest absolute Gasteiger partial charge is 0.337 e. The Labute approximate surface area is 121 Å². The average molecular weight is 276 g/mol. The molecule has 1 aliphatic rings. The number of nitrogens with one attached hydrogen (secondary N) is 1. The van der Waals surface area contributed by atoms with Crippen molar-refractivity contribution < 1.29 is 9.53 Å².